The van der Waals surface area contributed by atoms with Crippen molar-refractivity contribution in [2.75, 3.05) is 11.9 Å². The van der Waals surface area contributed by atoms with Gasteiger partial charge in [-0.2, -0.15) is 5.26 Å². The zero-order valence-corrected chi connectivity index (χ0v) is 13.3. The third-order valence-electron chi connectivity index (χ3n) is 3.97. The van der Waals surface area contributed by atoms with Gasteiger partial charge in [0.1, 0.15) is 11.8 Å². The summed E-state index contributed by atoms with van der Waals surface area (Å²) in [7, 11) is 2.00. The van der Waals surface area contributed by atoms with Crippen LogP contribution in [0.25, 0.3) is 10.9 Å². The molecule has 3 aromatic rings. The monoisotopic (exact) mass is 305 g/mol. The molecule has 0 aliphatic heterocycles. The first-order chi connectivity index (χ1) is 11.2. The Hall–Kier alpha value is -2.93. The number of anilines is 1. The number of nitrogens with zero attached hydrogens (tertiary/aromatic N) is 2. The Kier molecular flexibility index (Phi) is 4.20. The highest BCUT2D eigenvalue weighted by molar-refractivity contribution is 5.88. The highest BCUT2D eigenvalue weighted by Crippen LogP contribution is 2.25. The van der Waals surface area contributed by atoms with Crippen molar-refractivity contribution in [1.82, 2.24) is 4.57 Å². The Balaban J connectivity index is 1.84. The van der Waals surface area contributed by atoms with Gasteiger partial charge in [-0.05, 0) is 37.3 Å². The summed E-state index contributed by atoms with van der Waals surface area (Å²) < 4.78 is 7.52. The number of hydrogen-bond donors (Lipinski definition) is 1. The first-order valence-corrected chi connectivity index (χ1v) is 7.67. The first-order valence-electron chi connectivity index (χ1n) is 7.67. The van der Waals surface area contributed by atoms with Crippen molar-refractivity contribution in [3.8, 4) is 11.8 Å². The quantitative estimate of drug-likeness (QED) is 0.773. The van der Waals surface area contributed by atoms with Crippen LogP contribution in [-0.2, 0) is 13.6 Å². The van der Waals surface area contributed by atoms with E-state index < -0.39 is 0 Å². The van der Waals surface area contributed by atoms with Crippen LogP contribution in [0.15, 0.2) is 48.5 Å². The summed E-state index contributed by atoms with van der Waals surface area (Å²) in [6.07, 6.45) is 0. The van der Waals surface area contributed by atoms with Crippen LogP contribution in [0, 0.1) is 11.3 Å². The van der Waals surface area contributed by atoms with Crippen molar-refractivity contribution in [2.24, 2.45) is 7.05 Å². The molecule has 0 aliphatic rings. The van der Waals surface area contributed by atoms with Crippen LogP contribution in [0.2, 0.25) is 0 Å². The van der Waals surface area contributed by atoms with E-state index in [0.29, 0.717) is 13.2 Å². The van der Waals surface area contributed by atoms with Gasteiger partial charge >= 0.3 is 0 Å². The number of fused-ring (bicyclic) bond motifs is 1. The molecule has 0 bridgehead atoms. The van der Waals surface area contributed by atoms with Crippen LogP contribution in [-0.4, -0.2) is 11.2 Å². The first kappa shape index (κ1) is 15.0. The van der Waals surface area contributed by atoms with E-state index in [1.807, 2.05) is 62.5 Å². The second-order valence-electron chi connectivity index (χ2n) is 5.32. The number of aryl methyl sites for hydroxylation is 1. The van der Waals surface area contributed by atoms with Gasteiger partial charge in [-0.25, -0.2) is 0 Å². The highest BCUT2D eigenvalue weighted by atomic mass is 16.5. The molecule has 0 radical (unpaired) electrons. The van der Waals surface area contributed by atoms with E-state index in [2.05, 4.69) is 16.0 Å². The SMILES string of the molecule is CCOc1ccc(NCc2c(C#N)c3ccccc3n2C)cc1. The lowest BCUT2D eigenvalue weighted by Crippen LogP contribution is -2.06. The predicted molar refractivity (Wildman–Crippen MR) is 92.6 cm³/mol. The summed E-state index contributed by atoms with van der Waals surface area (Å²) in [6.45, 7) is 3.23. The maximum atomic E-state index is 9.51. The molecule has 0 saturated heterocycles. The third-order valence-corrected chi connectivity index (χ3v) is 3.97. The molecule has 0 atom stereocenters. The Morgan fingerprint density at radius 2 is 1.87 bits per heavy atom. The molecule has 0 spiro atoms. The Bertz CT molecular complexity index is 857. The molecule has 1 aromatic heterocycles. The fourth-order valence-electron chi connectivity index (χ4n) is 2.80. The maximum absolute atomic E-state index is 9.51. The van der Waals surface area contributed by atoms with E-state index in [4.69, 9.17) is 4.74 Å². The summed E-state index contributed by atoms with van der Waals surface area (Å²) in [5.41, 5.74) is 3.80. The molecule has 1 N–H and O–H groups in total. The van der Waals surface area contributed by atoms with Gasteiger partial charge in [-0.1, -0.05) is 18.2 Å². The lowest BCUT2D eigenvalue weighted by atomic mass is 10.1. The number of ether oxygens (including phenoxy) is 1. The van der Waals surface area contributed by atoms with Gasteiger partial charge in [-0.15, -0.1) is 0 Å². The van der Waals surface area contributed by atoms with Gasteiger partial charge in [-0.3, -0.25) is 0 Å². The normalized spacial score (nSPS) is 10.5. The molecule has 116 valence electrons. The minimum atomic E-state index is 0.599. The van der Waals surface area contributed by atoms with E-state index in [1.54, 1.807) is 0 Å². The van der Waals surface area contributed by atoms with Crippen molar-refractivity contribution in [2.45, 2.75) is 13.5 Å². The van der Waals surface area contributed by atoms with Crippen LogP contribution in [0.3, 0.4) is 0 Å². The molecular weight excluding hydrogens is 286 g/mol. The Morgan fingerprint density at radius 1 is 1.13 bits per heavy atom. The van der Waals surface area contributed by atoms with E-state index >= 15 is 0 Å². The second kappa shape index (κ2) is 6.45. The number of nitrogens with one attached hydrogen (secondary N) is 1. The predicted octanol–water partition coefficient (Wildman–Crippen LogP) is 4.06. The number of para-hydroxylation sites is 1. The molecular formula is C19H19N3O. The van der Waals surface area contributed by atoms with Crippen molar-refractivity contribution >= 4 is 16.6 Å². The maximum Gasteiger partial charge on any atom is 0.119 e. The number of hydrogen-bond acceptors (Lipinski definition) is 3. The van der Waals surface area contributed by atoms with Gasteiger partial charge in [0.25, 0.3) is 0 Å². The van der Waals surface area contributed by atoms with Gasteiger partial charge in [0.2, 0.25) is 0 Å². The van der Waals surface area contributed by atoms with Crippen molar-refractivity contribution < 1.29 is 4.74 Å². The molecule has 4 nitrogen and oxygen atoms in total. The van der Waals surface area contributed by atoms with Gasteiger partial charge in [0.15, 0.2) is 0 Å². The number of rotatable bonds is 5. The van der Waals surface area contributed by atoms with Crippen molar-refractivity contribution in [3.63, 3.8) is 0 Å². The lowest BCUT2D eigenvalue weighted by molar-refractivity contribution is 0.340. The number of aromatic nitrogens is 1. The largest absolute Gasteiger partial charge is 0.494 e. The zero-order valence-electron chi connectivity index (χ0n) is 13.3. The van der Waals surface area contributed by atoms with E-state index in [-0.39, 0.29) is 0 Å². The van der Waals surface area contributed by atoms with Crippen LogP contribution in [0.4, 0.5) is 5.69 Å². The summed E-state index contributed by atoms with van der Waals surface area (Å²) in [5, 5.41) is 13.9. The molecule has 4 heteroatoms. The topological polar surface area (TPSA) is 50.0 Å². The third kappa shape index (κ3) is 2.86. The lowest BCUT2D eigenvalue weighted by Gasteiger charge is -2.09. The standard InChI is InChI=1S/C19H19N3O/c1-3-23-15-10-8-14(9-11-15)21-13-19-17(12-20)16-6-4-5-7-18(16)22(19)2/h4-11,21H,3,13H2,1-2H3. The molecule has 0 amide bonds. The number of nitriles is 1. The summed E-state index contributed by atoms with van der Waals surface area (Å²) in [6, 6.07) is 18.2. The average Bonchev–Trinajstić information content (AvgIpc) is 2.86. The van der Waals surface area contributed by atoms with Crippen molar-refractivity contribution in [3.05, 3.63) is 59.8 Å². The molecule has 0 unspecified atom stereocenters. The minimum Gasteiger partial charge on any atom is -0.494 e. The smallest absolute Gasteiger partial charge is 0.119 e. The molecule has 1 heterocycles. The molecule has 0 fully saturated rings. The highest BCUT2D eigenvalue weighted by Gasteiger charge is 2.14. The Labute approximate surface area is 135 Å². The average molecular weight is 305 g/mol. The Morgan fingerprint density at radius 3 is 2.57 bits per heavy atom. The summed E-state index contributed by atoms with van der Waals surface area (Å²) in [5.74, 6) is 0.861. The van der Waals surface area contributed by atoms with Crippen LogP contribution in [0.5, 0.6) is 5.75 Å². The van der Waals surface area contributed by atoms with Crippen LogP contribution in [0.1, 0.15) is 18.2 Å². The van der Waals surface area contributed by atoms with Crippen LogP contribution >= 0.6 is 0 Å². The van der Waals surface area contributed by atoms with Gasteiger partial charge < -0.3 is 14.6 Å². The molecule has 0 saturated carbocycles. The van der Waals surface area contributed by atoms with Gasteiger partial charge in [0, 0.05) is 23.6 Å². The van der Waals surface area contributed by atoms with E-state index in [9.17, 15) is 5.26 Å². The molecule has 0 aliphatic carbocycles. The van der Waals surface area contributed by atoms with Crippen molar-refractivity contribution in [1.29, 1.82) is 5.26 Å². The fraction of sp³-hybridized carbons (Fsp3) is 0.211. The number of benzene rings is 2. The fourth-order valence-corrected chi connectivity index (χ4v) is 2.80. The minimum absolute atomic E-state index is 0.599. The van der Waals surface area contributed by atoms with Crippen LogP contribution < -0.4 is 10.1 Å². The molecule has 23 heavy (non-hydrogen) atoms. The van der Waals surface area contributed by atoms with Gasteiger partial charge in [0.05, 0.1) is 24.4 Å². The van der Waals surface area contributed by atoms with E-state index in [1.165, 1.54) is 0 Å². The molecule has 2 aromatic carbocycles. The summed E-state index contributed by atoms with van der Waals surface area (Å²) in [4.78, 5) is 0. The second-order valence-corrected chi connectivity index (χ2v) is 5.32. The summed E-state index contributed by atoms with van der Waals surface area (Å²) >= 11 is 0. The zero-order chi connectivity index (χ0) is 16.2. The molecule has 3 rings (SSSR count). The van der Waals surface area contributed by atoms with E-state index in [0.717, 1.165) is 33.6 Å².